The Morgan fingerprint density at radius 3 is 2.85 bits per heavy atom. The summed E-state index contributed by atoms with van der Waals surface area (Å²) in [6.07, 6.45) is 3.07. The van der Waals surface area contributed by atoms with Crippen LogP contribution >= 0.6 is 11.8 Å². The standard InChI is InChI=1S/C14H20N2O2S2/c1-12(6-8-19-2)16-7-9-20(17,18)14-5-3-4-13(10-14)11-15/h3-5,10,12,16H,6-9H2,1-2H3. The van der Waals surface area contributed by atoms with E-state index in [9.17, 15) is 8.42 Å². The number of hydrogen-bond donors (Lipinski definition) is 1. The van der Waals surface area contributed by atoms with Crippen molar-refractivity contribution < 1.29 is 8.42 Å². The maximum Gasteiger partial charge on any atom is 0.179 e. The summed E-state index contributed by atoms with van der Waals surface area (Å²) >= 11 is 1.78. The van der Waals surface area contributed by atoms with E-state index in [2.05, 4.69) is 18.5 Å². The van der Waals surface area contributed by atoms with Gasteiger partial charge in [0.2, 0.25) is 0 Å². The lowest BCUT2D eigenvalue weighted by Gasteiger charge is -2.13. The zero-order valence-electron chi connectivity index (χ0n) is 11.8. The first-order valence-corrected chi connectivity index (χ1v) is 9.49. The molecule has 0 aromatic heterocycles. The molecule has 0 amide bonds. The van der Waals surface area contributed by atoms with Crippen LogP contribution in [0, 0.1) is 11.3 Å². The highest BCUT2D eigenvalue weighted by Gasteiger charge is 2.15. The normalized spacial score (nSPS) is 12.8. The van der Waals surface area contributed by atoms with Crippen LogP contribution in [0.4, 0.5) is 0 Å². The number of benzene rings is 1. The molecule has 1 N–H and O–H groups in total. The van der Waals surface area contributed by atoms with E-state index in [0.717, 1.165) is 12.2 Å². The van der Waals surface area contributed by atoms with Crippen molar-refractivity contribution in [2.24, 2.45) is 0 Å². The topological polar surface area (TPSA) is 70.0 Å². The van der Waals surface area contributed by atoms with Crippen LogP contribution < -0.4 is 5.32 Å². The van der Waals surface area contributed by atoms with Crippen molar-refractivity contribution >= 4 is 21.6 Å². The lowest BCUT2D eigenvalue weighted by atomic mass is 10.2. The summed E-state index contributed by atoms with van der Waals surface area (Å²) in [4.78, 5) is 0.218. The van der Waals surface area contributed by atoms with Crippen LogP contribution in [0.15, 0.2) is 29.2 Å². The summed E-state index contributed by atoms with van der Waals surface area (Å²) in [5, 5.41) is 12.0. The molecule has 0 spiro atoms. The maximum absolute atomic E-state index is 12.1. The van der Waals surface area contributed by atoms with E-state index < -0.39 is 9.84 Å². The van der Waals surface area contributed by atoms with E-state index in [4.69, 9.17) is 5.26 Å². The van der Waals surface area contributed by atoms with Gasteiger partial charge in [-0.05, 0) is 43.6 Å². The van der Waals surface area contributed by atoms with E-state index >= 15 is 0 Å². The summed E-state index contributed by atoms with van der Waals surface area (Å²) in [6.45, 7) is 2.48. The number of thioether (sulfide) groups is 1. The van der Waals surface area contributed by atoms with Crippen molar-refractivity contribution in [2.75, 3.05) is 24.3 Å². The second kappa shape index (κ2) is 8.30. The molecule has 20 heavy (non-hydrogen) atoms. The Hall–Kier alpha value is -1.03. The second-order valence-corrected chi connectivity index (χ2v) is 7.69. The zero-order valence-corrected chi connectivity index (χ0v) is 13.4. The lowest BCUT2D eigenvalue weighted by molar-refractivity contribution is 0.547. The summed E-state index contributed by atoms with van der Waals surface area (Å²) < 4.78 is 24.3. The first-order valence-electron chi connectivity index (χ1n) is 6.45. The molecule has 0 bridgehead atoms. The molecule has 0 fully saturated rings. The van der Waals surface area contributed by atoms with Crippen LogP contribution in [0.3, 0.4) is 0 Å². The Bertz CT molecular complexity index is 565. The van der Waals surface area contributed by atoms with Gasteiger partial charge in [-0.15, -0.1) is 0 Å². The molecule has 1 atom stereocenters. The van der Waals surface area contributed by atoms with Crippen molar-refractivity contribution in [3.05, 3.63) is 29.8 Å². The number of sulfone groups is 1. The summed E-state index contributed by atoms with van der Waals surface area (Å²) in [5.74, 6) is 1.11. The van der Waals surface area contributed by atoms with E-state index in [1.54, 1.807) is 23.9 Å². The Morgan fingerprint density at radius 2 is 2.20 bits per heavy atom. The van der Waals surface area contributed by atoms with Crippen molar-refractivity contribution in [1.29, 1.82) is 5.26 Å². The van der Waals surface area contributed by atoms with Crippen LogP contribution in [0.2, 0.25) is 0 Å². The van der Waals surface area contributed by atoms with Gasteiger partial charge in [0.25, 0.3) is 0 Å². The predicted molar refractivity (Wildman–Crippen MR) is 83.7 cm³/mol. The SMILES string of the molecule is CSCCC(C)NCCS(=O)(=O)c1cccc(C#N)c1. The van der Waals surface area contributed by atoms with Gasteiger partial charge in [-0.3, -0.25) is 0 Å². The van der Waals surface area contributed by atoms with Crippen molar-refractivity contribution in [3.63, 3.8) is 0 Å². The molecule has 0 aliphatic heterocycles. The zero-order chi connectivity index (χ0) is 15.0. The molecule has 4 nitrogen and oxygen atoms in total. The lowest BCUT2D eigenvalue weighted by Crippen LogP contribution is -2.31. The molecule has 0 aliphatic rings. The first-order chi connectivity index (χ1) is 9.49. The largest absolute Gasteiger partial charge is 0.313 e. The Morgan fingerprint density at radius 1 is 1.45 bits per heavy atom. The molecule has 0 radical (unpaired) electrons. The summed E-state index contributed by atoms with van der Waals surface area (Å²) in [6, 6.07) is 8.42. The monoisotopic (exact) mass is 312 g/mol. The van der Waals surface area contributed by atoms with Crippen molar-refractivity contribution in [2.45, 2.75) is 24.3 Å². The highest BCUT2D eigenvalue weighted by molar-refractivity contribution is 7.98. The quantitative estimate of drug-likeness (QED) is 0.795. The van der Waals surface area contributed by atoms with Gasteiger partial charge >= 0.3 is 0 Å². The molecule has 0 saturated heterocycles. The molecule has 1 aromatic carbocycles. The minimum atomic E-state index is -3.33. The molecule has 1 aromatic rings. The smallest absolute Gasteiger partial charge is 0.179 e. The van der Waals surface area contributed by atoms with Crippen LogP contribution in [0.1, 0.15) is 18.9 Å². The van der Waals surface area contributed by atoms with Gasteiger partial charge in [-0.25, -0.2) is 8.42 Å². The summed E-state index contributed by atoms with van der Waals surface area (Å²) in [7, 11) is -3.33. The number of hydrogen-bond acceptors (Lipinski definition) is 5. The third kappa shape index (κ3) is 5.53. The number of rotatable bonds is 8. The Balaban J connectivity index is 2.55. The average Bonchev–Trinajstić information content (AvgIpc) is 2.45. The second-order valence-electron chi connectivity index (χ2n) is 4.60. The molecule has 0 saturated carbocycles. The van der Waals surface area contributed by atoms with Gasteiger partial charge in [0.05, 0.1) is 22.3 Å². The van der Waals surface area contributed by atoms with Gasteiger partial charge in [0.15, 0.2) is 9.84 Å². The number of nitrogens with zero attached hydrogens (tertiary/aromatic N) is 1. The molecular weight excluding hydrogens is 292 g/mol. The van der Waals surface area contributed by atoms with Gasteiger partial charge in [0.1, 0.15) is 0 Å². The third-order valence-corrected chi connectivity index (χ3v) is 5.30. The van der Waals surface area contributed by atoms with E-state index in [1.165, 1.54) is 12.1 Å². The van der Waals surface area contributed by atoms with E-state index in [1.807, 2.05) is 6.07 Å². The van der Waals surface area contributed by atoms with Crippen LogP contribution in [0.25, 0.3) is 0 Å². The molecule has 1 rings (SSSR count). The third-order valence-electron chi connectivity index (χ3n) is 2.94. The van der Waals surface area contributed by atoms with Gasteiger partial charge < -0.3 is 5.32 Å². The van der Waals surface area contributed by atoms with E-state index in [0.29, 0.717) is 18.2 Å². The van der Waals surface area contributed by atoms with Crippen LogP contribution in [0.5, 0.6) is 0 Å². The maximum atomic E-state index is 12.1. The van der Waals surface area contributed by atoms with Crippen LogP contribution in [-0.2, 0) is 9.84 Å². The molecule has 0 aliphatic carbocycles. The molecule has 0 heterocycles. The average molecular weight is 312 g/mol. The van der Waals surface area contributed by atoms with Crippen molar-refractivity contribution in [3.8, 4) is 6.07 Å². The molecule has 110 valence electrons. The van der Waals surface area contributed by atoms with Crippen molar-refractivity contribution in [1.82, 2.24) is 5.32 Å². The fourth-order valence-electron chi connectivity index (χ4n) is 1.71. The fraction of sp³-hybridized carbons (Fsp3) is 0.500. The minimum Gasteiger partial charge on any atom is -0.313 e. The van der Waals surface area contributed by atoms with Crippen LogP contribution in [-0.4, -0.2) is 38.8 Å². The fourth-order valence-corrected chi connectivity index (χ4v) is 3.52. The highest BCUT2D eigenvalue weighted by Crippen LogP contribution is 2.12. The van der Waals surface area contributed by atoms with Gasteiger partial charge in [0, 0.05) is 12.6 Å². The number of nitriles is 1. The van der Waals surface area contributed by atoms with E-state index in [-0.39, 0.29) is 10.6 Å². The van der Waals surface area contributed by atoms with Gasteiger partial charge in [-0.2, -0.15) is 17.0 Å². The molecule has 1 unspecified atom stereocenters. The Labute approximate surface area is 125 Å². The first kappa shape index (κ1) is 17.0. The minimum absolute atomic E-state index is 0.0471. The molecular formula is C14H20N2O2S2. The summed E-state index contributed by atoms with van der Waals surface area (Å²) in [5.41, 5.74) is 0.368. The Kier molecular flexibility index (Phi) is 7.06. The highest BCUT2D eigenvalue weighted by atomic mass is 32.2. The number of nitrogens with one attached hydrogen (secondary N) is 1. The molecule has 6 heteroatoms. The van der Waals surface area contributed by atoms with Gasteiger partial charge in [-0.1, -0.05) is 6.07 Å². The predicted octanol–water partition coefficient (Wildman–Crippen LogP) is 2.06.